The Morgan fingerprint density at radius 1 is 1.33 bits per heavy atom. The maximum Gasteiger partial charge on any atom is 0.0702 e. The van der Waals surface area contributed by atoms with Gasteiger partial charge in [-0.2, -0.15) is 0 Å². The van der Waals surface area contributed by atoms with Crippen LogP contribution in [0.1, 0.15) is 59.3 Å². The molecular formula is C17H34N2O2. The summed E-state index contributed by atoms with van der Waals surface area (Å²) in [5, 5.41) is 13.6. The van der Waals surface area contributed by atoms with Crippen LogP contribution in [0.25, 0.3) is 0 Å². The van der Waals surface area contributed by atoms with E-state index < -0.39 is 0 Å². The molecule has 1 heterocycles. The number of aliphatic hydroxyl groups is 1. The van der Waals surface area contributed by atoms with Crippen molar-refractivity contribution in [1.29, 1.82) is 0 Å². The van der Waals surface area contributed by atoms with Gasteiger partial charge in [0.15, 0.2) is 0 Å². The molecule has 3 atom stereocenters. The minimum absolute atomic E-state index is 0.0823. The molecule has 2 rings (SSSR count). The first-order valence-corrected chi connectivity index (χ1v) is 8.83. The highest BCUT2D eigenvalue weighted by Crippen LogP contribution is 2.32. The second-order valence-corrected chi connectivity index (χ2v) is 7.21. The number of aliphatic hydroxyl groups excluding tert-OH is 1. The molecule has 1 saturated heterocycles. The Balaban J connectivity index is 1.96. The molecule has 2 N–H and O–H groups in total. The van der Waals surface area contributed by atoms with E-state index in [1.54, 1.807) is 0 Å². The lowest BCUT2D eigenvalue weighted by molar-refractivity contribution is 0.0222. The van der Waals surface area contributed by atoms with Crippen LogP contribution >= 0.6 is 0 Å². The Bertz CT molecular complexity index is 305. The van der Waals surface area contributed by atoms with E-state index in [-0.39, 0.29) is 12.1 Å². The molecule has 1 aliphatic carbocycles. The first-order chi connectivity index (χ1) is 10.1. The number of hydrogen-bond acceptors (Lipinski definition) is 4. The van der Waals surface area contributed by atoms with Gasteiger partial charge in [-0.15, -0.1) is 0 Å². The van der Waals surface area contributed by atoms with Crippen LogP contribution in [0.15, 0.2) is 0 Å². The van der Waals surface area contributed by atoms with Gasteiger partial charge in [-0.05, 0) is 45.1 Å². The van der Waals surface area contributed by atoms with Crippen molar-refractivity contribution in [3.8, 4) is 0 Å². The van der Waals surface area contributed by atoms with Gasteiger partial charge in [-0.3, -0.25) is 4.90 Å². The van der Waals surface area contributed by atoms with Crippen molar-refractivity contribution in [3.05, 3.63) is 0 Å². The van der Waals surface area contributed by atoms with Crippen LogP contribution in [-0.2, 0) is 4.74 Å². The van der Waals surface area contributed by atoms with Crippen molar-refractivity contribution >= 4 is 0 Å². The zero-order valence-electron chi connectivity index (χ0n) is 14.1. The van der Waals surface area contributed by atoms with Crippen molar-refractivity contribution in [3.63, 3.8) is 0 Å². The SMILES string of the molecule is CCN(CC1CCCO1)C1CCCC(CO)(NC(C)C)C1. The summed E-state index contributed by atoms with van der Waals surface area (Å²) in [5.74, 6) is 0. The number of nitrogens with one attached hydrogen (secondary N) is 1. The van der Waals surface area contributed by atoms with E-state index in [0.29, 0.717) is 18.2 Å². The van der Waals surface area contributed by atoms with Crippen molar-refractivity contribution in [1.82, 2.24) is 10.2 Å². The molecule has 0 radical (unpaired) electrons. The summed E-state index contributed by atoms with van der Waals surface area (Å²) in [6.07, 6.45) is 7.45. The van der Waals surface area contributed by atoms with Crippen LogP contribution in [-0.4, -0.2) is 60.0 Å². The molecular weight excluding hydrogens is 264 g/mol. The average Bonchev–Trinajstić information content (AvgIpc) is 2.97. The number of ether oxygens (including phenoxy) is 1. The Hall–Kier alpha value is -0.160. The molecule has 4 heteroatoms. The van der Waals surface area contributed by atoms with Crippen LogP contribution in [0.3, 0.4) is 0 Å². The summed E-state index contributed by atoms with van der Waals surface area (Å²) in [4.78, 5) is 2.58. The summed E-state index contributed by atoms with van der Waals surface area (Å²) < 4.78 is 5.81. The fraction of sp³-hybridized carbons (Fsp3) is 1.00. The van der Waals surface area contributed by atoms with Gasteiger partial charge in [-0.1, -0.05) is 20.8 Å². The van der Waals surface area contributed by atoms with Crippen molar-refractivity contribution in [2.75, 3.05) is 26.3 Å². The highest BCUT2D eigenvalue weighted by atomic mass is 16.5. The lowest BCUT2D eigenvalue weighted by atomic mass is 9.78. The predicted octanol–water partition coefficient (Wildman–Crippen LogP) is 2.16. The molecule has 4 nitrogen and oxygen atoms in total. The Morgan fingerprint density at radius 2 is 2.14 bits per heavy atom. The smallest absolute Gasteiger partial charge is 0.0702 e. The molecule has 3 unspecified atom stereocenters. The van der Waals surface area contributed by atoms with Gasteiger partial charge in [0.2, 0.25) is 0 Å². The maximum atomic E-state index is 9.94. The normalized spacial score (nSPS) is 34.0. The molecule has 124 valence electrons. The molecule has 0 amide bonds. The average molecular weight is 298 g/mol. The molecule has 1 saturated carbocycles. The van der Waals surface area contributed by atoms with E-state index in [1.807, 2.05) is 0 Å². The van der Waals surface area contributed by atoms with Crippen LogP contribution in [0.4, 0.5) is 0 Å². The number of likely N-dealkylation sites (N-methyl/N-ethyl adjacent to an activating group) is 1. The van der Waals surface area contributed by atoms with E-state index in [2.05, 4.69) is 31.0 Å². The van der Waals surface area contributed by atoms with Gasteiger partial charge in [0.25, 0.3) is 0 Å². The summed E-state index contributed by atoms with van der Waals surface area (Å²) in [6, 6.07) is 0.996. The fourth-order valence-corrected chi connectivity index (χ4v) is 4.16. The molecule has 0 aromatic carbocycles. The molecule has 0 bridgehead atoms. The first kappa shape index (κ1) is 17.2. The summed E-state index contributed by atoms with van der Waals surface area (Å²) in [5.41, 5.74) is -0.0823. The fourth-order valence-electron chi connectivity index (χ4n) is 4.16. The predicted molar refractivity (Wildman–Crippen MR) is 86.6 cm³/mol. The van der Waals surface area contributed by atoms with Crippen LogP contribution in [0, 0.1) is 0 Å². The van der Waals surface area contributed by atoms with Gasteiger partial charge in [-0.25, -0.2) is 0 Å². The third-order valence-electron chi connectivity index (χ3n) is 5.10. The molecule has 2 aliphatic rings. The summed E-state index contributed by atoms with van der Waals surface area (Å²) in [7, 11) is 0. The third-order valence-corrected chi connectivity index (χ3v) is 5.10. The quantitative estimate of drug-likeness (QED) is 0.756. The van der Waals surface area contributed by atoms with Crippen molar-refractivity contribution in [2.45, 2.75) is 83.0 Å². The molecule has 0 aromatic heterocycles. The zero-order chi connectivity index (χ0) is 15.3. The standard InChI is InChI=1S/C17H34N2O2/c1-4-19(12-16-8-6-10-21-16)15-7-5-9-17(11-15,13-20)18-14(2)3/h14-16,18,20H,4-13H2,1-3H3. The largest absolute Gasteiger partial charge is 0.394 e. The monoisotopic (exact) mass is 298 g/mol. The maximum absolute atomic E-state index is 9.94. The highest BCUT2D eigenvalue weighted by Gasteiger charge is 2.38. The minimum Gasteiger partial charge on any atom is -0.394 e. The zero-order valence-corrected chi connectivity index (χ0v) is 14.1. The van der Waals surface area contributed by atoms with Crippen LogP contribution < -0.4 is 5.32 Å². The minimum atomic E-state index is -0.0823. The van der Waals surface area contributed by atoms with Gasteiger partial charge in [0.1, 0.15) is 0 Å². The van der Waals surface area contributed by atoms with Gasteiger partial charge in [0, 0.05) is 30.8 Å². The summed E-state index contributed by atoms with van der Waals surface area (Å²) in [6.45, 7) is 9.91. The molecule has 0 aromatic rings. The third kappa shape index (κ3) is 4.65. The van der Waals surface area contributed by atoms with Crippen molar-refractivity contribution in [2.24, 2.45) is 0 Å². The van der Waals surface area contributed by atoms with Gasteiger partial charge >= 0.3 is 0 Å². The van der Waals surface area contributed by atoms with E-state index >= 15 is 0 Å². The van der Waals surface area contributed by atoms with E-state index in [0.717, 1.165) is 32.5 Å². The Kier molecular flexibility index (Phi) is 6.48. The van der Waals surface area contributed by atoms with Crippen molar-refractivity contribution < 1.29 is 9.84 Å². The van der Waals surface area contributed by atoms with E-state index in [9.17, 15) is 5.11 Å². The van der Waals surface area contributed by atoms with Crippen LogP contribution in [0.2, 0.25) is 0 Å². The Labute approximate surface area is 130 Å². The first-order valence-electron chi connectivity index (χ1n) is 8.83. The topological polar surface area (TPSA) is 44.7 Å². The second-order valence-electron chi connectivity index (χ2n) is 7.21. The molecule has 0 spiro atoms. The molecule has 2 fully saturated rings. The van der Waals surface area contributed by atoms with Crippen LogP contribution in [0.5, 0.6) is 0 Å². The van der Waals surface area contributed by atoms with E-state index in [4.69, 9.17) is 4.74 Å². The lowest BCUT2D eigenvalue weighted by Crippen LogP contribution is -2.58. The highest BCUT2D eigenvalue weighted by molar-refractivity contribution is 4.97. The molecule has 21 heavy (non-hydrogen) atoms. The molecule has 1 aliphatic heterocycles. The number of nitrogens with zero attached hydrogens (tertiary/aromatic N) is 1. The number of rotatable bonds is 7. The lowest BCUT2D eigenvalue weighted by Gasteiger charge is -2.45. The Morgan fingerprint density at radius 3 is 2.71 bits per heavy atom. The number of hydrogen-bond donors (Lipinski definition) is 2. The van der Waals surface area contributed by atoms with E-state index in [1.165, 1.54) is 25.7 Å². The van der Waals surface area contributed by atoms with Gasteiger partial charge in [0.05, 0.1) is 12.7 Å². The summed E-state index contributed by atoms with van der Waals surface area (Å²) >= 11 is 0. The van der Waals surface area contributed by atoms with Gasteiger partial charge < -0.3 is 15.2 Å². The second kappa shape index (κ2) is 7.91.